The topological polar surface area (TPSA) is 73.2 Å². The van der Waals surface area contributed by atoms with Crippen LogP contribution in [0.25, 0.3) is 0 Å². The third kappa shape index (κ3) is 4.32. The summed E-state index contributed by atoms with van der Waals surface area (Å²) in [4.78, 5) is 25.5. The van der Waals surface area contributed by atoms with E-state index in [0.717, 1.165) is 29.0 Å². The summed E-state index contributed by atoms with van der Waals surface area (Å²) in [5.74, 6) is 1.82. The van der Waals surface area contributed by atoms with Crippen molar-refractivity contribution in [2.45, 2.75) is 71.9 Å². The van der Waals surface area contributed by atoms with Gasteiger partial charge in [0.1, 0.15) is 5.56 Å². The molecule has 1 aromatic heterocycles. The number of aromatic nitrogens is 2. The Morgan fingerprint density at radius 1 is 1.09 bits per heavy atom. The molecule has 0 spiro atoms. The number of nitrogens with zero attached hydrogens (tertiary/aromatic N) is 2. The third-order valence-corrected chi connectivity index (χ3v) is 8.48. The number of hydrogen-bond donors (Lipinski definition) is 1. The van der Waals surface area contributed by atoms with E-state index in [9.17, 15) is 9.59 Å². The van der Waals surface area contributed by atoms with E-state index < -0.39 is 5.97 Å². The molecule has 4 saturated carbocycles. The maximum atomic E-state index is 12.8. The summed E-state index contributed by atoms with van der Waals surface area (Å²) in [5, 5.41) is 7.70. The summed E-state index contributed by atoms with van der Waals surface area (Å²) < 4.78 is 7.25. The highest BCUT2D eigenvalue weighted by molar-refractivity contribution is 5.93. The number of rotatable bonds is 7. The second kappa shape index (κ2) is 8.62. The fourth-order valence-electron chi connectivity index (χ4n) is 7.25. The molecule has 4 fully saturated rings. The number of amides is 1. The Morgan fingerprint density at radius 2 is 1.70 bits per heavy atom. The Kier molecular flexibility index (Phi) is 5.79. The van der Waals surface area contributed by atoms with Gasteiger partial charge in [-0.25, -0.2) is 4.79 Å². The van der Waals surface area contributed by atoms with E-state index in [-0.39, 0.29) is 24.0 Å². The molecule has 0 saturated heterocycles. The minimum Gasteiger partial charge on any atom is -0.452 e. The Bertz CT molecular complexity index is 1010. The van der Waals surface area contributed by atoms with Crippen molar-refractivity contribution in [2.24, 2.45) is 23.2 Å². The van der Waals surface area contributed by atoms with E-state index >= 15 is 0 Å². The van der Waals surface area contributed by atoms with Crippen LogP contribution in [0.4, 0.5) is 0 Å². The number of nitrogens with one attached hydrogen (secondary N) is 1. The molecule has 0 aliphatic heterocycles. The highest BCUT2D eigenvalue weighted by Gasteiger charge is 2.53. The molecule has 6 rings (SSSR count). The van der Waals surface area contributed by atoms with Crippen LogP contribution in [0.3, 0.4) is 0 Å². The molecule has 0 radical (unpaired) electrons. The average molecular weight is 450 g/mol. The van der Waals surface area contributed by atoms with Crippen molar-refractivity contribution in [3.63, 3.8) is 0 Å². The van der Waals surface area contributed by atoms with E-state index in [1.165, 1.54) is 38.5 Å². The molecule has 1 heterocycles. The first-order chi connectivity index (χ1) is 15.8. The van der Waals surface area contributed by atoms with E-state index in [2.05, 4.69) is 17.3 Å². The van der Waals surface area contributed by atoms with Gasteiger partial charge in [0.15, 0.2) is 6.61 Å². The lowest BCUT2D eigenvalue weighted by molar-refractivity contribution is -0.128. The van der Waals surface area contributed by atoms with Gasteiger partial charge in [-0.05, 0) is 88.0 Å². The van der Waals surface area contributed by atoms with Crippen molar-refractivity contribution in [1.82, 2.24) is 15.1 Å². The summed E-state index contributed by atoms with van der Waals surface area (Å²) in [6.07, 6.45) is 7.86. The zero-order valence-electron chi connectivity index (χ0n) is 20.0. The van der Waals surface area contributed by atoms with Crippen molar-refractivity contribution in [2.75, 3.05) is 6.61 Å². The van der Waals surface area contributed by atoms with Gasteiger partial charge in [0, 0.05) is 6.04 Å². The first-order valence-corrected chi connectivity index (χ1v) is 12.4. The second-order valence-corrected chi connectivity index (χ2v) is 10.8. The highest BCUT2D eigenvalue weighted by atomic mass is 16.5. The first kappa shape index (κ1) is 22.2. The van der Waals surface area contributed by atoms with Gasteiger partial charge in [0.05, 0.1) is 17.9 Å². The fraction of sp³-hybridized carbons (Fsp3) is 0.593. The van der Waals surface area contributed by atoms with Gasteiger partial charge < -0.3 is 10.1 Å². The number of hydrogen-bond acceptors (Lipinski definition) is 4. The maximum Gasteiger partial charge on any atom is 0.342 e. The van der Waals surface area contributed by atoms with Gasteiger partial charge in [-0.15, -0.1) is 0 Å². The lowest BCUT2D eigenvalue weighted by Gasteiger charge is -2.59. The number of ether oxygens (including phenoxy) is 1. The Morgan fingerprint density at radius 3 is 2.30 bits per heavy atom. The molecule has 1 N–H and O–H groups in total. The van der Waals surface area contributed by atoms with Crippen molar-refractivity contribution >= 4 is 11.9 Å². The second-order valence-electron chi connectivity index (χ2n) is 10.8. The number of benzene rings is 1. The Balaban J connectivity index is 1.18. The number of aryl methyl sites for hydroxylation is 1. The van der Waals surface area contributed by atoms with Crippen LogP contribution in [0.2, 0.25) is 0 Å². The normalized spacial score (nSPS) is 28.5. The largest absolute Gasteiger partial charge is 0.452 e. The van der Waals surface area contributed by atoms with E-state index in [1.54, 1.807) is 6.92 Å². The zero-order chi connectivity index (χ0) is 23.2. The van der Waals surface area contributed by atoms with E-state index in [0.29, 0.717) is 17.8 Å². The molecule has 4 aliphatic carbocycles. The predicted molar refractivity (Wildman–Crippen MR) is 126 cm³/mol. The van der Waals surface area contributed by atoms with Crippen molar-refractivity contribution in [1.29, 1.82) is 0 Å². The van der Waals surface area contributed by atoms with Crippen LogP contribution in [-0.2, 0) is 16.1 Å². The van der Waals surface area contributed by atoms with Crippen LogP contribution < -0.4 is 5.32 Å². The van der Waals surface area contributed by atoms with Gasteiger partial charge in [-0.1, -0.05) is 30.3 Å². The number of esters is 1. The molecular formula is C27H35N3O3. The molecule has 6 heteroatoms. The number of carbonyl (C=O) groups is 2. The molecule has 176 valence electrons. The predicted octanol–water partition coefficient (Wildman–Crippen LogP) is 4.43. The lowest BCUT2D eigenvalue weighted by Crippen LogP contribution is -2.56. The SMILES string of the molecule is Cc1nn(Cc2ccccc2)c(C)c1C(=O)OCC(=O)NC(C)C12CC3CC(CC(C3)C1)C2. The van der Waals surface area contributed by atoms with Gasteiger partial charge in [0.2, 0.25) is 0 Å². The minimum atomic E-state index is -0.484. The first-order valence-electron chi connectivity index (χ1n) is 12.4. The monoisotopic (exact) mass is 449 g/mol. The van der Waals surface area contributed by atoms with Crippen LogP contribution in [0.5, 0.6) is 0 Å². The average Bonchev–Trinajstić information content (AvgIpc) is 3.04. The molecule has 1 aromatic carbocycles. The Hall–Kier alpha value is -2.63. The van der Waals surface area contributed by atoms with Crippen molar-refractivity contribution in [3.05, 3.63) is 52.8 Å². The van der Waals surface area contributed by atoms with Gasteiger partial charge in [-0.2, -0.15) is 5.10 Å². The van der Waals surface area contributed by atoms with Crippen molar-refractivity contribution < 1.29 is 14.3 Å². The van der Waals surface area contributed by atoms with E-state index in [1.807, 2.05) is 41.9 Å². The highest BCUT2D eigenvalue weighted by Crippen LogP contribution is 2.61. The number of carbonyl (C=O) groups excluding carboxylic acids is 2. The summed E-state index contributed by atoms with van der Waals surface area (Å²) >= 11 is 0. The van der Waals surface area contributed by atoms with Crippen LogP contribution >= 0.6 is 0 Å². The Labute approximate surface area is 196 Å². The smallest absolute Gasteiger partial charge is 0.342 e. The maximum absolute atomic E-state index is 12.8. The summed E-state index contributed by atoms with van der Waals surface area (Å²) in [6.45, 7) is 6.16. The third-order valence-electron chi connectivity index (χ3n) is 8.48. The van der Waals surface area contributed by atoms with Crippen LogP contribution in [0.15, 0.2) is 30.3 Å². The molecule has 2 aromatic rings. The summed E-state index contributed by atoms with van der Waals surface area (Å²) in [5.41, 5.74) is 3.17. The molecule has 6 nitrogen and oxygen atoms in total. The van der Waals surface area contributed by atoms with Crippen molar-refractivity contribution in [3.8, 4) is 0 Å². The standard InChI is InChI=1S/C27H35N3O3/c1-17-25(18(2)30(29-17)15-20-7-5-4-6-8-20)26(32)33-16-24(31)28-19(3)27-12-21-9-22(13-27)11-23(10-21)14-27/h4-8,19,21-23H,9-16H2,1-3H3,(H,28,31). The molecule has 1 amide bonds. The zero-order valence-corrected chi connectivity index (χ0v) is 20.0. The van der Waals surface area contributed by atoms with Gasteiger partial charge in [0.25, 0.3) is 5.91 Å². The molecule has 33 heavy (non-hydrogen) atoms. The van der Waals surface area contributed by atoms with Crippen LogP contribution in [-0.4, -0.2) is 34.3 Å². The summed E-state index contributed by atoms with van der Waals surface area (Å²) in [6, 6.07) is 10.1. The van der Waals surface area contributed by atoms with Crippen LogP contribution in [0.1, 0.15) is 72.8 Å². The fourth-order valence-corrected chi connectivity index (χ4v) is 7.25. The molecule has 1 unspecified atom stereocenters. The molecule has 4 aliphatic rings. The molecule has 4 bridgehead atoms. The van der Waals surface area contributed by atoms with Gasteiger partial charge in [-0.3, -0.25) is 9.48 Å². The minimum absolute atomic E-state index is 0.120. The quantitative estimate of drug-likeness (QED) is 0.635. The lowest BCUT2D eigenvalue weighted by atomic mass is 9.48. The van der Waals surface area contributed by atoms with Gasteiger partial charge >= 0.3 is 5.97 Å². The van der Waals surface area contributed by atoms with Crippen LogP contribution in [0, 0.1) is 37.0 Å². The molecular weight excluding hydrogens is 414 g/mol. The summed E-state index contributed by atoms with van der Waals surface area (Å²) in [7, 11) is 0. The van der Waals surface area contributed by atoms with E-state index in [4.69, 9.17) is 4.74 Å². The molecule has 1 atom stereocenters.